The van der Waals surface area contributed by atoms with E-state index in [4.69, 9.17) is 10.5 Å². The molecule has 14 heavy (non-hydrogen) atoms. The first-order valence-electron chi connectivity index (χ1n) is 4.69. The number of nitrogens with two attached hydrogens (primary N) is 1. The van der Waals surface area contributed by atoms with Crippen LogP contribution in [0.2, 0.25) is 0 Å². The third-order valence-corrected chi connectivity index (χ3v) is 3.09. The van der Waals surface area contributed by atoms with Crippen molar-refractivity contribution in [1.29, 1.82) is 0 Å². The van der Waals surface area contributed by atoms with Crippen molar-refractivity contribution in [3.05, 3.63) is 28.5 Å². The molecule has 1 fully saturated rings. The second-order valence-electron chi connectivity index (χ2n) is 3.63. The van der Waals surface area contributed by atoms with Gasteiger partial charge in [-0.1, -0.05) is 0 Å². The highest BCUT2D eigenvalue weighted by atomic mass is 79.9. The van der Waals surface area contributed by atoms with Crippen molar-refractivity contribution in [2.24, 2.45) is 5.73 Å². The maximum atomic E-state index is 6.27. The lowest BCUT2D eigenvalue weighted by Gasteiger charge is -2.32. The lowest BCUT2D eigenvalue weighted by atomic mass is 9.87. The van der Waals surface area contributed by atoms with Gasteiger partial charge in [-0.05, 0) is 40.9 Å². The van der Waals surface area contributed by atoms with Crippen LogP contribution in [0.4, 0.5) is 0 Å². The fraction of sp³-hybridized carbons (Fsp3) is 0.500. The lowest BCUT2D eigenvalue weighted by molar-refractivity contribution is 0.0508. The number of hydrogen-bond donors (Lipinski definition) is 1. The summed E-state index contributed by atoms with van der Waals surface area (Å²) in [7, 11) is 0. The van der Waals surface area contributed by atoms with Gasteiger partial charge in [-0.25, -0.2) is 0 Å². The van der Waals surface area contributed by atoms with Crippen molar-refractivity contribution in [2.45, 2.75) is 18.4 Å². The van der Waals surface area contributed by atoms with Gasteiger partial charge in [-0.15, -0.1) is 0 Å². The third kappa shape index (κ3) is 1.97. The predicted molar refractivity (Wildman–Crippen MR) is 57.9 cm³/mol. The highest BCUT2D eigenvalue weighted by Gasteiger charge is 2.31. The van der Waals surface area contributed by atoms with Crippen LogP contribution in [0.3, 0.4) is 0 Å². The largest absolute Gasteiger partial charge is 0.381 e. The molecular formula is C10H13BrN2O. The summed E-state index contributed by atoms with van der Waals surface area (Å²) in [4.78, 5) is 4.35. The highest BCUT2D eigenvalue weighted by Crippen LogP contribution is 2.28. The maximum Gasteiger partial charge on any atom is 0.0627 e. The van der Waals surface area contributed by atoms with Gasteiger partial charge in [0.1, 0.15) is 0 Å². The van der Waals surface area contributed by atoms with Gasteiger partial charge in [0.2, 0.25) is 0 Å². The number of halogens is 1. The molecule has 0 bridgehead atoms. The van der Waals surface area contributed by atoms with Crippen LogP contribution in [0.25, 0.3) is 0 Å². The Morgan fingerprint density at radius 1 is 1.36 bits per heavy atom. The lowest BCUT2D eigenvalue weighted by Crippen LogP contribution is -2.42. The van der Waals surface area contributed by atoms with E-state index in [0.717, 1.165) is 36.2 Å². The fourth-order valence-electron chi connectivity index (χ4n) is 1.66. The normalized spacial score (nSPS) is 20.7. The molecule has 0 aliphatic carbocycles. The van der Waals surface area contributed by atoms with Gasteiger partial charge >= 0.3 is 0 Å². The Morgan fingerprint density at radius 2 is 2.07 bits per heavy atom. The molecule has 2 rings (SSSR count). The van der Waals surface area contributed by atoms with E-state index in [9.17, 15) is 0 Å². The fourth-order valence-corrected chi connectivity index (χ4v) is 1.90. The molecule has 0 saturated carbocycles. The Bertz CT molecular complexity index is 306. The zero-order chi connectivity index (χ0) is 10.0. The zero-order valence-electron chi connectivity index (χ0n) is 7.87. The summed E-state index contributed by atoms with van der Waals surface area (Å²) in [6.07, 6.45) is 3.49. The Balaban J connectivity index is 2.23. The van der Waals surface area contributed by atoms with Crippen LogP contribution in [-0.2, 0) is 10.3 Å². The molecule has 3 nitrogen and oxygen atoms in total. The summed E-state index contributed by atoms with van der Waals surface area (Å²) in [5.74, 6) is 0. The Labute approximate surface area is 91.8 Å². The summed E-state index contributed by atoms with van der Waals surface area (Å²) in [6.45, 7) is 1.46. The SMILES string of the molecule is NC1(c2ccc(Br)cn2)CCOCC1. The number of rotatable bonds is 1. The van der Waals surface area contributed by atoms with E-state index >= 15 is 0 Å². The standard InChI is InChI=1S/C10H13BrN2O/c11-8-1-2-9(13-7-8)10(12)3-5-14-6-4-10/h1-2,7H,3-6,12H2. The molecule has 1 aromatic rings. The minimum atomic E-state index is -0.293. The second-order valence-corrected chi connectivity index (χ2v) is 4.55. The molecule has 0 unspecified atom stereocenters. The molecule has 1 aliphatic rings. The van der Waals surface area contributed by atoms with Crippen molar-refractivity contribution in [2.75, 3.05) is 13.2 Å². The molecule has 76 valence electrons. The molecule has 0 spiro atoms. The van der Waals surface area contributed by atoms with E-state index in [1.54, 1.807) is 6.20 Å². The molecule has 1 aliphatic heterocycles. The van der Waals surface area contributed by atoms with Crippen LogP contribution in [0, 0.1) is 0 Å². The number of hydrogen-bond acceptors (Lipinski definition) is 3. The van der Waals surface area contributed by atoms with Crippen LogP contribution in [0.15, 0.2) is 22.8 Å². The highest BCUT2D eigenvalue weighted by molar-refractivity contribution is 9.10. The van der Waals surface area contributed by atoms with Crippen molar-refractivity contribution >= 4 is 15.9 Å². The quantitative estimate of drug-likeness (QED) is 0.834. The zero-order valence-corrected chi connectivity index (χ0v) is 9.46. The minimum Gasteiger partial charge on any atom is -0.381 e. The predicted octanol–water partition coefficient (Wildman–Crippen LogP) is 1.81. The van der Waals surface area contributed by atoms with E-state index in [0.29, 0.717) is 0 Å². The number of aromatic nitrogens is 1. The number of ether oxygens (including phenoxy) is 1. The van der Waals surface area contributed by atoms with Crippen molar-refractivity contribution in [3.63, 3.8) is 0 Å². The van der Waals surface area contributed by atoms with Crippen molar-refractivity contribution in [3.8, 4) is 0 Å². The van der Waals surface area contributed by atoms with Gasteiger partial charge in [-0.2, -0.15) is 0 Å². The van der Waals surface area contributed by atoms with Gasteiger partial charge in [0, 0.05) is 23.9 Å². The molecule has 0 atom stereocenters. The average Bonchev–Trinajstić information content (AvgIpc) is 2.19. The first kappa shape index (κ1) is 10.1. The van der Waals surface area contributed by atoms with Crippen molar-refractivity contribution < 1.29 is 4.74 Å². The van der Waals surface area contributed by atoms with Gasteiger partial charge in [0.15, 0.2) is 0 Å². The van der Waals surface area contributed by atoms with E-state index in [1.807, 2.05) is 12.1 Å². The van der Waals surface area contributed by atoms with Crippen molar-refractivity contribution in [1.82, 2.24) is 4.98 Å². The third-order valence-electron chi connectivity index (χ3n) is 2.62. The Hall–Kier alpha value is -0.450. The monoisotopic (exact) mass is 256 g/mol. The number of nitrogens with zero attached hydrogens (tertiary/aromatic N) is 1. The van der Waals surface area contributed by atoms with E-state index in [1.165, 1.54) is 0 Å². The molecule has 0 aromatic carbocycles. The van der Waals surface area contributed by atoms with E-state index < -0.39 is 0 Å². The van der Waals surface area contributed by atoms with Gasteiger partial charge in [-0.3, -0.25) is 4.98 Å². The van der Waals surface area contributed by atoms with Crippen LogP contribution in [-0.4, -0.2) is 18.2 Å². The summed E-state index contributed by atoms with van der Waals surface area (Å²) in [5, 5.41) is 0. The summed E-state index contributed by atoms with van der Waals surface area (Å²) >= 11 is 3.36. The summed E-state index contributed by atoms with van der Waals surface area (Å²) in [5.41, 5.74) is 6.94. The van der Waals surface area contributed by atoms with Gasteiger partial charge in [0.05, 0.1) is 11.2 Å². The van der Waals surface area contributed by atoms with Gasteiger partial charge in [0.25, 0.3) is 0 Å². The summed E-state index contributed by atoms with van der Waals surface area (Å²) < 4.78 is 6.28. The Kier molecular flexibility index (Phi) is 2.85. The van der Waals surface area contributed by atoms with Crippen LogP contribution in [0.5, 0.6) is 0 Å². The number of pyridine rings is 1. The van der Waals surface area contributed by atoms with Crippen LogP contribution >= 0.6 is 15.9 Å². The summed E-state index contributed by atoms with van der Waals surface area (Å²) in [6, 6.07) is 3.96. The topological polar surface area (TPSA) is 48.1 Å². The second kappa shape index (κ2) is 3.96. The van der Waals surface area contributed by atoms with E-state index in [2.05, 4.69) is 20.9 Å². The smallest absolute Gasteiger partial charge is 0.0627 e. The Morgan fingerprint density at radius 3 is 2.64 bits per heavy atom. The average molecular weight is 257 g/mol. The molecule has 0 radical (unpaired) electrons. The maximum absolute atomic E-state index is 6.27. The molecule has 2 heterocycles. The molecule has 2 N–H and O–H groups in total. The molecule has 4 heteroatoms. The molecule has 0 amide bonds. The molecule has 1 aromatic heterocycles. The molecule has 1 saturated heterocycles. The van der Waals surface area contributed by atoms with Crippen LogP contribution in [0.1, 0.15) is 18.5 Å². The van der Waals surface area contributed by atoms with Crippen LogP contribution < -0.4 is 5.73 Å². The first-order valence-corrected chi connectivity index (χ1v) is 5.49. The minimum absolute atomic E-state index is 0.293. The van der Waals surface area contributed by atoms with E-state index in [-0.39, 0.29) is 5.54 Å². The first-order chi connectivity index (χ1) is 6.71. The molecular weight excluding hydrogens is 244 g/mol. The van der Waals surface area contributed by atoms with Gasteiger partial charge < -0.3 is 10.5 Å².